The van der Waals surface area contributed by atoms with E-state index in [4.69, 9.17) is 0 Å². The molecule has 1 unspecified atom stereocenters. The van der Waals surface area contributed by atoms with Gasteiger partial charge in [-0.1, -0.05) is 19.3 Å². The smallest absolute Gasteiger partial charge is 0.234 e. The highest BCUT2D eigenvalue weighted by Crippen LogP contribution is 2.51. The summed E-state index contributed by atoms with van der Waals surface area (Å²) in [5.74, 6) is 0.199. The number of amides is 1. The van der Waals surface area contributed by atoms with Crippen LogP contribution in [0.5, 0.6) is 0 Å². The van der Waals surface area contributed by atoms with Gasteiger partial charge in [-0.05, 0) is 43.9 Å². The fourth-order valence-electron chi connectivity index (χ4n) is 3.59. The Morgan fingerprint density at radius 3 is 2.41 bits per heavy atom. The molecule has 0 radical (unpaired) electrons. The van der Waals surface area contributed by atoms with Crippen LogP contribution in [0.3, 0.4) is 0 Å². The number of nitrogens with one attached hydrogen (secondary N) is 2. The molecule has 1 spiro atoms. The second-order valence-corrected chi connectivity index (χ2v) is 6.24. The zero-order valence-corrected chi connectivity index (χ0v) is 10.6. The van der Waals surface area contributed by atoms with Crippen molar-refractivity contribution < 1.29 is 4.79 Å². The molecule has 1 amide bonds. The molecule has 2 N–H and O–H groups in total. The molecule has 0 aliphatic heterocycles. The normalized spacial score (nSPS) is 30.9. The van der Waals surface area contributed by atoms with Gasteiger partial charge in [0.05, 0.1) is 6.54 Å². The van der Waals surface area contributed by atoms with Crippen molar-refractivity contribution in [2.45, 2.75) is 69.9 Å². The van der Waals surface area contributed by atoms with Crippen LogP contribution in [0.25, 0.3) is 0 Å². The first-order chi connectivity index (χ1) is 8.28. The van der Waals surface area contributed by atoms with Crippen molar-refractivity contribution in [1.29, 1.82) is 0 Å². The summed E-state index contributed by atoms with van der Waals surface area (Å²) in [5.41, 5.74) is 0.568. The Kier molecular flexibility index (Phi) is 3.12. The maximum absolute atomic E-state index is 11.6. The van der Waals surface area contributed by atoms with Crippen LogP contribution in [0.2, 0.25) is 0 Å². The van der Waals surface area contributed by atoms with Gasteiger partial charge in [-0.3, -0.25) is 4.79 Å². The van der Waals surface area contributed by atoms with E-state index in [0.717, 1.165) is 0 Å². The van der Waals surface area contributed by atoms with Crippen LogP contribution in [-0.2, 0) is 4.79 Å². The molecule has 1 atom stereocenters. The second-order valence-electron chi connectivity index (χ2n) is 6.24. The summed E-state index contributed by atoms with van der Waals surface area (Å²) in [7, 11) is 0. The summed E-state index contributed by atoms with van der Waals surface area (Å²) in [6, 6.07) is 1.11. The average Bonchev–Trinajstić information content (AvgIpc) is 3.13. The van der Waals surface area contributed by atoms with E-state index < -0.39 is 0 Å². The summed E-state index contributed by atoms with van der Waals surface area (Å²) in [5, 5.41) is 6.55. The molecule has 3 nitrogen and oxygen atoms in total. The highest BCUT2D eigenvalue weighted by atomic mass is 16.2. The summed E-state index contributed by atoms with van der Waals surface area (Å²) in [6.45, 7) is 0.531. The first-order valence-corrected chi connectivity index (χ1v) is 7.31. The van der Waals surface area contributed by atoms with Gasteiger partial charge in [0, 0.05) is 12.1 Å². The van der Waals surface area contributed by atoms with E-state index in [9.17, 15) is 4.79 Å². The van der Waals surface area contributed by atoms with Crippen molar-refractivity contribution in [3.63, 3.8) is 0 Å². The maximum Gasteiger partial charge on any atom is 0.234 e. The molecule has 3 aliphatic rings. The minimum atomic E-state index is 0.199. The quantitative estimate of drug-likeness (QED) is 0.783. The topological polar surface area (TPSA) is 41.1 Å². The minimum absolute atomic E-state index is 0.199. The Morgan fingerprint density at radius 1 is 1.06 bits per heavy atom. The van der Waals surface area contributed by atoms with E-state index in [1.807, 2.05) is 0 Å². The molecule has 0 bridgehead atoms. The van der Waals surface area contributed by atoms with Gasteiger partial charge in [0.15, 0.2) is 0 Å². The van der Waals surface area contributed by atoms with Crippen LogP contribution in [0, 0.1) is 5.41 Å². The number of hydrogen-bond donors (Lipinski definition) is 2. The molecule has 3 aliphatic carbocycles. The molecular weight excluding hydrogens is 212 g/mol. The predicted octanol–water partition coefficient (Wildman–Crippen LogP) is 1.97. The zero-order valence-electron chi connectivity index (χ0n) is 10.6. The highest BCUT2D eigenvalue weighted by molar-refractivity contribution is 5.78. The molecule has 0 saturated heterocycles. The number of carbonyl (C=O) groups excluding carboxylic acids is 1. The van der Waals surface area contributed by atoms with E-state index in [1.165, 1.54) is 57.8 Å². The highest BCUT2D eigenvalue weighted by Gasteiger charge is 2.46. The molecular formula is C14H24N2O. The first-order valence-electron chi connectivity index (χ1n) is 7.31. The van der Waals surface area contributed by atoms with Crippen LogP contribution in [0.1, 0.15) is 57.8 Å². The summed E-state index contributed by atoms with van der Waals surface area (Å²) in [6.07, 6.45) is 12.0. The molecule has 3 saturated carbocycles. The third kappa shape index (κ3) is 2.49. The molecule has 17 heavy (non-hydrogen) atoms. The van der Waals surface area contributed by atoms with Gasteiger partial charge in [0.2, 0.25) is 5.91 Å². The first kappa shape index (κ1) is 11.5. The number of rotatable bonds is 4. The lowest BCUT2D eigenvalue weighted by Crippen LogP contribution is -2.56. The standard InChI is InChI=1S/C14H24N2O/c17-13(16-11-4-5-11)10-15-12-6-9-14(12)7-2-1-3-8-14/h11-12,15H,1-10H2,(H,16,17). The van der Waals surface area contributed by atoms with Gasteiger partial charge in [-0.15, -0.1) is 0 Å². The Balaban J connectivity index is 1.43. The number of carbonyl (C=O) groups is 1. The fourth-order valence-corrected chi connectivity index (χ4v) is 3.59. The van der Waals surface area contributed by atoms with Crippen molar-refractivity contribution in [2.75, 3.05) is 6.54 Å². The van der Waals surface area contributed by atoms with Gasteiger partial charge in [0.1, 0.15) is 0 Å². The summed E-state index contributed by atoms with van der Waals surface area (Å²) < 4.78 is 0. The molecule has 3 fully saturated rings. The van der Waals surface area contributed by atoms with Crippen LogP contribution in [0.15, 0.2) is 0 Å². The average molecular weight is 236 g/mol. The largest absolute Gasteiger partial charge is 0.352 e. The molecule has 3 rings (SSSR count). The summed E-state index contributed by atoms with van der Waals surface area (Å²) >= 11 is 0. The maximum atomic E-state index is 11.6. The van der Waals surface area contributed by atoms with E-state index in [2.05, 4.69) is 10.6 Å². The lowest BCUT2D eigenvalue weighted by Gasteiger charge is -2.52. The Hall–Kier alpha value is -0.570. The van der Waals surface area contributed by atoms with Gasteiger partial charge >= 0.3 is 0 Å². The molecule has 0 heterocycles. The van der Waals surface area contributed by atoms with Crippen LogP contribution < -0.4 is 10.6 Å². The Labute approximate surface area is 104 Å². The van der Waals surface area contributed by atoms with Crippen LogP contribution in [-0.4, -0.2) is 24.5 Å². The monoisotopic (exact) mass is 236 g/mol. The lowest BCUT2D eigenvalue weighted by molar-refractivity contribution is -0.121. The Bertz CT molecular complexity index is 293. The number of hydrogen-bond acceptors (Lipinski definition) is 2. The van der Waals surface area contributed by atoms with Crippen LogP contribution >= 0.6 is 0 Å². The van der Waals surface area contributed by atoms with Crippen molar-refractivity contribution in [3.05, 3.63) is 0 Å². The lowest BCUT2D eigenvalue weighted by atomic mass is 9.57. The van der Waals surface area contributed by atoms with Crippen molar-refractivity contribution >= 4 is 5.91 Å². The molecule has 96 valence electrons. The van der Waals surface area contributed by atoms with Crippen molar-refractivity contribution in [3.8, 4) is 0 Å². The molecule has 3 heteroatoms. The van der Waals surface area contributed by atoms with Gasteiger partial charge in [0.25, 0.3) is 0 Å². The van der Waals surface area contributed by atoms with Gasteiger partial charge in [-0.2, -0.15) is 0 Å². The van der Waals surface area contributed by atoms with Crippen LogP contribution in [0.4, 0.5) is 0 Å². The second kappa shape index (κ2) is 4.60. The van der Waals surface area contributed by atoms with E-state index in [0.29, 0.717) is 24.0 Å². The summed E-state index contributed by atoms with van der Waals surface area (Å²) in [4.78, 5) is 11.6. The third-order valence-electron chi connectivity index (χ3n) is 4.97. The minimum Gasteiger partial charge on any atom is -0.352 e. The Morgan fingerprint density at radius 2 is 1.82 bits per heavy atom. The molecule has 0 aromatic carbocycles. The van der Waals surface area contributed by atoms with E-state index in [1.54, 1.807) is 0 Å². The fraction of sp³-hybridized carbons (Fsp3) is 0.929. The van der Waals surface area contributed by atoms with E-state index in [-0.39, 0.29) is 5.91 Å². The van der Waals surface area contributed by atoms with Crippen molar-refractivity contribution in [2.24, 2.45) is 5.41 Å². The van der Waals surface area contributed by atoms with E-state index >= 15 is 0 Å². The van der Waals surface area contributed by atoms with Gasteiger partial charge < -0.3 is 10.6 Å². The SMILES string of the molecule is O=C(CNC1CCC12CCCCC2)NC1CC1. The molecule has 0 aromatic heterocycles. The van der Waals surface area contributed by atoms with Gasteiger partial charge in [-0.25, -0.2) is 0 Å². The van der Waals surface area contributed by atoms with Crippen molar-refractivity contribution in [1.82, 2.24) is 10.6 Å². The predicted molar refractivity (Wildman–Crippen MR) is 67.7 cm³/mol. The molecule has 0 aromatic rings. The third-order valence-corrected chi connectivity index (χ3v) is 4.97. The zero-order chi connectivity index (χ0) is 11.7.